The molecule has 2 nitrogen and oxygen atoms in total. The van der Waals surface area contributed by atoms with Crippen molar-refractivity contribution < 1.29 is 4.79 Å². The largest absolute Gasteiger partial charge is 0.281 e. The first kappa shape index (κ1) is 14.9. The fraction of sp³-hybridized carbons (Fsp3) is 0.188. The summed E-state index contributed by atoms with van der Waals surface area (Å²) in [5.41, 5.74) is 3.77. The first-order valence-corrected chi connectivity index (χ1v) is 8.17. The van der Waals surface area contributed by atoms with Crippen molar-refractivity contribution in [3.05, 3.63) is 57.6 Å². The van der Waals surface area contributed by atoms with Crippen LogP contribution in [0.1, 0.15) is 22.9 Å². The summed E-state index contributed by atoms with van der Waals surface area (Å²) in [5, 5.41) is 1.33. The van der Waals surface area contributed by atoms with Gasteiger partial charge in [0.15, 0.2) is 0 Å². The number of rotatable bonds is 0. The number of amides is 1. The van der Waals surface area contributed by atoms with Crippen LogP contribution in [0.5, 0.6) is 0 Å². The second-order valence-electron chi connectivity index (χ2n) is 5.00. The molecular formula is C16H12BrCl2NO. The van der Waals surface area contributed by atoms with Crippen LogP contribution in [0, 0.1) is 0 Å². The molecule has 21 heavy (non-hydrogen) atoms. The Labute approximate surface area is 141 Å². The molecule has 2 aromatic carbocycles. The minimum Gasteiger partial charge on any atom is -0.281 e. The van der Waals surface area contributed by atoms with Gasteiger partial charge in [-0.2, -0.15) is 0 Å². The van der Waals surface area contributed by atoms with Crippen molar-refractivity contribution >= 4 is 56.4 Å². The highest BCUT2D eigenvalue weighted by Gasteiger charge is 2.28. The highest BCUT2D eigenvalue weighted by atomic mass is 79.9. The second kappa shape index (κ2) is 5.64. The molecule has 0 radical (unpaired) electrons. The molecule has 0 bridgehead atoms. The van der Waals surface area contributed by atoms with E-state index in [-0.39, 0.29) is 10.7 Å². The molecule has 0 saturated heterocycles. The van der Waals surface area contributed by atoms with Gasteiger partial charge in [-0.15, -0.1) is 0 Å². The van der Waals surface area contributed by atoms with E-state index < -0.39 is 0 Å². The van der Waals surface area contributed by atoms with Gasteiger partial charge in [-0.05, 0) is 53.9 Å². The number of anilines is 2. The third kappa shape index (κ3) is 2.70. The number of carbonyl (C=O) groups excluding carboxylic acids is 1. The van der Waals surface area contributed by atoms with Gasteiger partial charge in [0.05, 0.1) is 11.4 Å². The molecule has 0 saturated carbocycles. The van der Waals surface area contributed by atoms with Gasteiger partial charge < -0.3 is 0 Å². The molecule has 108 valence electrons. The molecule has 0 aliphatic carbocycles. The second-order valence-corrected chi connectivity index (χ2v) is 6.98. The predicted octanol–water partition coefficient (Wildman–Crippen LogP) is 5.67. The van der Waals surface area contributed by atoms with E-state index in [2.05, 4.69) is 15.9 Å². The summed E-state index contributed by atoms with van der Waals surface area (Å²) in [6.07, 6.45) is 0.743. The minimum atomic E-state index is -0.0382. The fourth-order valence-corrected chi connectivity index (χ4v) is 3.78. The summed E-state index contributed by atoms with van der Waals surface area (Å²) in [6.45, 7) is 1.56. The van der Waals surface area contributed by atoms with Crippen molar-refractivity contribution in [2.45, 2.75) is 18.2 Å². The van der Waals surface area contributed by atoms with E-state index in [0.717, 1.165) is 28.9 Å². The molecule has 1 amide bonds. The average molecular weight is 385 g/mol. The lowest BCUT2D eigenvalue weighted by atomic mass is 10.0. The third-order valence-corrected chi connectivity index (χ3v) is 4.85. The van der Waals surface area contributed by atoms with Gasteiger partial charge in [0, 0.05) is 21.8 Å². The van der Waals surface area contributed by atoms with E-state index in [1.165, 1.54) is 0 Å². The molecule has 2 aromatic rings. The van der Waals surface area contributed by atoms with Crippen molar-refractivity contribution in [2.24, 2.45) is 0 Å². The number of fused-ring (bicyclic) bond motifs is 2. The van der Waals surface area contributed by atoms with E-state index in [1.54, 1.807) is 24.0 Å². The van der Waals surface area contributed by atoms with Crippen molar-refractivity contribution in [2.75, 3.05) is 4.90 Å². The van der Waals surface area contributed by atoms with E-state index in [1.807, 2.05) is 24.3 Å². The zero-order chi connectivity index (χ0) is 15.1. The Morgan fingerprint density at radius 1 is 1.14 bits per heavy atom. The topological polar surface area (TPSA) is 20.3 Å². The number of hydrogen-bond acceptors (Lipinski definition) is 1. The van der Waals surface area contributed by atoms with Crippen LogP contribution < -0.4 is 4.90 Å². The standard InChI is InChI=1S/C16H12BrCl2NO/c1-9(21)20-15-4-2-11(18)6-10(15)7-14(17)13-8-12(19)3-5-16(13)20/h2-6,8,14H,7H2,1H3. The number of carbonyl (C=O) groups is 1. The molecule has 1 aliphatic heterocycles. The zero-order valence-corrected chi connectivity index (χ0v) is 14.3. The molecule has 0 N–H and O–H groups in total. The lowest BCUT2D eigenvalue weighted by molar-refractivity contribution is -0.115. The number of halogens is 3. The summed E-state index contributed by atoms with van der Waals surface area (Å²) >= 11 is 15.9. The number of hydrogen-bond donors (Lipinski definition) is 0. The van der Waals surface area contributed by atoms with Crippen LogP contribution in [0.2, 0.25) is 10.0 Å². The van der Waals surface area contributed by atoms with E-state index in [4.69, 9.17) is 23.2 Å². The highest BCUT2D eigenvalue weighted by molar-refractivity contribution is 9.09. The molecule has 5 heteroatoms. The van der Waals surface area contributed by atoms with Crippen molar-refractivity contribution in [3.63, 3.8) is 0 Å². The maximum atomic E-state index is 12.2. The number of nitrogens with zero attached hydrogens (tertiary/aromatic N) is 1. The lowest BCUT2D eigenvalue weighted by Crippen LogP contribution is -2.23. The predicted molar refractivity (Wildman–Crippen MR) is 91.1 cm³/mol. The lowest BCUT2D eigenvalue weighted by Gasteiger charge is -2.24. The minimum absolute atomic E-state index is 0.0382. The van der Waals surface area contributed by atoms with Gasteiger partial charge in [0.2, 0.25) is 5.91 Å². The maximum Gasteiger partial charge on any atom is 0.228 e. The zero-order valence-electron chi connectivity index (χ0n) is 11.2. The molecule has 0 fully saturated rings. The number of benzene rings is 2. The van der Waals surface area contributed by atoms with Crippen molar-refractivity contribution in [3.8, 4) is 0 Å². The summed E-state index contributed by atoms with van der Waals surface area (Å²) < 4.78 is 0. The molecule has 1 atom stereocenters. The Morgan fingerprint density at radius 2 is 1.76 bits per heavy atom. The molecule has 1 unspecified atom stereocenters. The van der Waals surface area contributed by atoms with Crippen LogP contribution in [-0.4, -0.2) is 5.91 Å². The van der Waals surface area contributed by atoms with Gasteiger partial charge in [-0.25, -0.2) is 0 Å². The third-order valence-electron chi connectivity index (χ3n) is 3.56. The summed E-state index contributed by atoms with van der Waals surface area (Å²) in [7, 11) is 0. The van der Waals surface area contributed by atoms with Crippen LogP contribution in [0.4, 0.5) is 11.4 Å². The van der Waals surface area contributed by atoms with Crippen LogP contribution in [-0.2, 0) is 11.2 Å². The van der Waals surface area contributed by atoms with Gasteiger partial charge in [0.25, 0.3) is 0 Å². The molecular weight excluding hydrogens is 373 g/mol. The van der Waals surface area contributed by atoms with Crippen LogP contribution in [0.3, 0.4) is 0 Å². The Bertz CT molecular complexity index is 732. The van der Waals surface area contributed by atoms with E-state index in [9.17, 15) is 4.79 Å². The molecule has 3 rings (SSSR count). The Morgan fingerprint density at radius 3 is 2.43 bits per heavy atom. The molecule has 1 aliphatic rings. The summed E-state index contributed by atoms with van der Waals surface area (Å²) in [5.74, 6) is -0.0382. The van der Waals surface area contributed by atoms with E-state index in [0.29, 0.717) is 10.0 Å². The highest BCUT2D eigenvalue weighted by Crippen LogP contribution is 2.44. The number of alkyl halides is 1. The Balaban J connectivity index is 2.28. The molecule has 0 spiro atoms. The SMILES string of the molecule is CC(=O)N1c2ccc(Cl)cc2CC(Br)c2cc(Cl)ccc21. The summed E-state index contributed by atoms with van der Waals surface area (Å²) in [6, 6.07) is 11.2. The quantitative estimate of drug-likeness (QED) is 0.536. The van der Waals surface area contributed by atoms with Gasteiger partial charge in [-0.3, -0.25) is 9.69 Å². The van der Waals surface area contributed by atoms with Crippen molar-refractivity contribution in [1.29, 1.82) is 0 Å². The van der Waals surface area contributed by atoms with Crippen LogP contribution in [0.15, 0.2) is 36.4 Å². The molecule has 0 aromatic heterocycles. The first-order valence-electron chi connectivity index (χ1n) is 6.50. The first-order chi connectivity index (χ1) is 9.97. The summed E-state index contributed by atoms with van der Waals surface area (Å²) in [4.78, 5) is 14.0. The van der Waals surface area contributed by atoms with E-state index >= 15 is 0 Å². The monoisotopic (exact) mass is 383 g/mol. The van der Waals surface area contributed by atoms with Gasteiger partial charge in [0.1, 0.15) is 0 Å². The average Bonchev–Trinajstić information content (AvgIpc) is 2.53. The van der Waals surface area contributed by atoms with Crippen LogP contribution >= 0.6 is 39.1 Å². The van der Waals surface area contributed by atoms with Gasteiger partial charge in [-0.1, -0.05) is 39.1 Å². The Hall–Kier alpha value is -1.03. The normalized spacial score (nSPS) is 17.0. The fourth-order valence-electron chi connectivity index (χ4n) is 2.69. The van der Waals surface area contributed by atoms with Gasteiger partial charge >= 0.3 is 0 Å². The van der Waals surface area contributed by atoms with Crippen molar-refractivity contribution in [1.82, 2.24) is 0 Å². The maximum absolute atomic E-state index is 12.2. The smallest absolute Gasteiger partial charge is 0.228 e. The van der Waals surface area contributed by atoms with Crippen LogP contribution in [0.25, 0.3) is 0 Å². The molecule has 1 heterocycles. The Kier molecular flexibility index (Phi) is 4.00.